The molecular formula is C32H32N4O2S. The van der Waals surface area contributed by atoms with Crippen molar-refractivity contribution in [1.82, 2.24) is 14.8 Å². The van der Waals surface area contributed by atoms with Gasteiger partial charge in [-0.25, -0.2) is 4.68 Å². The molecule has 1 unspecified atom stereocenters. The number of Topliss-reactive ketones (excluding diaryl/α,β-unsaturated/α-hetero) is 1. The smallest absolute Gasteiger partial charge is 0.227 e. The van der Waals surface area contributed by atoms with Gasteiger partial charge in [0.25, 0.3) is 0 Å². The number of aromatic nitrogens is 3. The Bertz CT molecular complexity index is 1490. The third-order valence-corrected chi connectivity index (χ3v) is 8.13. The van der Waals surface area contributed by atoms with E-state index in [9.17, 15) is 4.79 Å². The molecule has 0 bridgehead atoms. The minimum Gasteiger partial charge on any atom is -0.493 e. The average Bonchev–Trinajstić information content (AvgIpc) is 3.34. The van der Waals surface area contributed by atoms with E-state index in [-0.39, 0.29) is 17.2 Å². The van der Waals surface area contributed by atoms with E-state index in [4.69, 9.17) is 14.8 Å². The summed E-state index contributed by atoms with van der Waals surface area (Å²) in [5, 5.41) is 9.04. The van der Waals surface area contributed by atoms with Gasteiger partial charge in [-0.1, -0.05) is 98.4 Å². The molecule has 1 aliphatic carbocycles. The standard InChI is InChI=1S/C32H32N4O2S/c1-32(2)19-26-28(27(37)20-32)29(24-13-15-25(16-14-24)38-18-17-22-9-5-3-6-10-22)36-30(33-26)34-31(35-36)39-21-23-11-7-4-8-12-23/h3-16,29H,17-21H2,1-2H3,(H,33,34,35). The van der Waals surface area contributed by atoms with Crippen molar-refractivity contribution in [2.45, 2.75) is 50.1 Å². The molecule has 198 valence electrons. The van der Waals surface area contributed by atoms with Gasteiger partial charge in [-0.05, 0) is 40.7 Å². The van der Waals surface area contributed by atoms with Crippen molar-refractivity contribution in [3.63, 3.8) is 0 Å². The van der Waals surface area contributed by atoms with Crippen LogP contribution in [0.4, 0.5) is 5.95 Å². The van der Waals surface area contributed by atoms with Crippen LogP contribution in [0.2, 0.25) is 0 Å². The summed E-state index contributed by atoms with van der Waals surface area (Å²) in [6.45, 7) is 4.90. The molecule has 0 saturated heterocycles. The SMILES string of the molecule is CC1(C)CC(=O)C2=C(C1)Nc1nc(SCc3ccccc3)nn1C2c1ccc(OCCc2ccccc2)cc1. The highest BCUT2D eigenvalue weighted by molar-refractivity contribution is 7.98. The quantitative estimate of drug-likeness (QED) is 0.248. The Labute approximate surface area is 233 Å². The number of carbonyl (C=O) groups is 1. The number of thioether (sulfide) groups is 1. The average molecular weight is 537 g/mol. The lowest BCUT2D eigenvalue weighted by molar-refractivity contribution is -0.118. The molecule has 1 aromatic heterocycles. The number of carbonyl (C=O) groups excluding carboxylic acids is 1. The first-order chi connectivity index (χ1) is 18.9. The van der Waals surface area contributed by atoms with Crippen LogP contribution in [0.3, 0.4) is 0 Å². The molecule has 0 fully saturated rings. The molecule has 6 nitrogen and oxygen atoms in total. The van der Waals surface area contributed by atoms with Crippen LogP contribution in [0.25, 0.3) is 0 Å². The van der Waals surface area contributed by atoms with Crippen LogP contribution in [-0.4, -0.2) is 27.2 Å². The number of ether oxygens (including phenoxy) is 1. The zero-order chi connectivity index (χ0) is 26.8. The predicted octanol–water partition coefficient (Wildman–Crippen LogP) is 6.85. The second-order valence-corrected chi connectivity index (χ2v) is 11.9. The Morgan fingerprint density at radius 2 is 1.64 bits per heavy atom. The molecule has 0 saturated carbocycles. The lowest BCUT2D eigenvalue weighted by atomic mass is 9.73. The summed E-state index contributed by atoms with van der Waals surface area (Å²) in [5.41, 5.74) is 5.13. The number of nitrogens with one attached hydrogen (secondary N) is 1. The lowest BCUT2D eigenvalue weighted by Gasteiger charge is -2.38. The number of anilines is 1. The number of benzene rings is 3. The molecule has 39 heavy (non-hydrogen) atoms. The fourth-order valence-electron chi connectivity index (χ4n) is 5.36. The van der Waals surface area contributed by atoms with E-state index in [1.807, 2.05) is 65.3 Å². The zero-order valence-electron chi connectivity index (χ0n) is 22.3. The van der Waals surface area contributed by atoms with Crippen LogP contribution in [0, 0.1) is 5.41 Å². The minimum absolute atomic E-state index is 0.100. The Morgan fingerprint density at radius 1 is 0.949 bits per heavy atom. The first-order valence-corrected chi connectivity index (χ1v) is 14.4. The summed E-state index contributed by atoms with van der Waals surface area (Å²) in [5.74, 6) is 2.44. The van der Waals surface area contributed by atoms with Gasteiger partial charge >= 0.3 is 0 Å². The molecule has 2 aliphatic rings. The van der Waals surface area contributed by atoms with Crippen molar-refractivity contribution in [1.29, 1.82) is 0 Å². The Kier molecular flexibility index (Phi) is 7.00. The molecule has 1 atom stereocenters. The molecule has 1 aliphatic heterocycles. The summed E-state index contributed by atoms with van der Waals surface area (Å²) >= 11 is 1.60. The molecule has 3 aromatic carbocycles. The molecule has 2 heterocycles. The highest BCUT2D eigenvalue weighted by Gasteiger charge is 2.41. The van der Waals surface area contributed by atoms with Crippen LogP contribution in [0.15, 0.2) is 101 Å². The Balaban J connectivity index is 1.26. The van der Waals surface area contributed by atoms with E-state index in [1.165, 1.54) is 11.1 Å². The van der Waals surface area contributed by atoms with Gasteiger partial charge in [0.2, 0.25) is 11.1 Å². The van der Waals surface area contributed by atoms with E-state index in [1.54, 1.807) is 11.8 Å². The van der Waals surface area contributed by atoms with Gasteiger partial charge in [0.05, 0.1) is 6.61 Å². The normalized spacial score (nSPS) is 17.8. The van der Waals surface area contributed by atoms with E-state index in [0.717, 1.165) is 41.2 Å². The van der Waals surface area contributed by atoms with E-state index in [0.29, 0.717) is 24.1 Å². The lowest BCUT2D eigenvalue weighted by Crippen LogP contribution is -2.36. The van der Waals surface area contributed by atoms with Gasteiger partial charge in [0, 0.05) is 29.9 Å². The zero-order valence-corrected chi connectivity index (χ0v) is 23.1. The first-order valence-electron chi connectivity index (χ1n) is 13.4. The second kappa shape index (κ2) is 10.7. The van der Waals surface area contributed by atoms with Crippen molar-refractivity contribution < 1.29 is 9.53 Å². The van der Waals surface area contributed by atoms with Crippen molar-refractivity contribution in [2.24, 2.45) is 5.41 Å². The summed E-state index contributed by atoms with van der Waals surface area (Å²) in [7, 11) is 0. The van der Waals surface area contributed by atoms with Crippen LogP contribution in [-0.2, 0) is 17.0 Å². The third kappa shape index (κ3) is 5.64. The molecule has 4 aromatic rings. The predicted molar refractivity (Wildman–Crippen MR) is 155 cm³/mol. The maximum absolute atomic E-state index is 13.5. The molecule has 7 heteroatoms. The Morgan fingerprint density at radius 3 is 2.36 bits per heavy atom. The van der Waals surface area contributed by atoms with E-state index < -0.39 is 0 Å². The van der Waals surface area contributed by atoms with Gasteiger partial charge in [-0.2, -0.15) is 4.98 Å². The van der Waals surface area contributed by atoms with Gasteiger partial charge in [0.15, 0.2) is 5.78 Å². The number of nitrogens with zero attached hydrogens (tertiary/aromatic N) is 3. The number of hydrogen-bond donors (Lipinski definition) is 1. The van der Waals surface area contributed by atoms with Crippen LogP contribution in [0.1, 0.15) is 49.4 Å². The van der Waals surface area contributed by atoms with Gasteiger partial charge in [0.1, 0.15) is 11.8 Å². The second-order valence-electron chi connectivity index (χ2n) is 11.0. The minimum atomic E-state index is -0.322. The highest BCUT2D eigenvalue weighted by Crippen LogP contribution is 2.45. The third-order valence-electron chi connectivity index (χ3n) is 7.22. The number of allylic oxidation sites excluding steroid dienone is 2. The summed E-state index contributed by atoms with van der Waals surface area (Å²) in [4.78, 5) is 18.3. The van der Waals surface area contributed by atoms with Crippen LogP contribution in [0.5, 0.6) is 5.75 Å². The Hall–Kier alpha value is -3.84. The first kappa shape index (κ1) is 25.4. The number of hydrogen-bond acceptors (Lipinski definition) is 6. The molecule has 0 radical (unpaired) electrons. The fraction of sp³-hybridized carbons (Fsp3) is 0.281. The topological polar surface area (TPSA) is 69.0 Å². The molecule has 0 spiro atoms. The summed E-state index contributed by atoms with van der Waals surface area (Å²) < 4.78 is 7.91. The number of ketones is 1. The fourth-order valence-corrected chi connectivity index (χ4v) is 6.14. The summed E-state index contributed by atoms with van der Waals surface area (Å²) in [6, 6.07) is 28.4. The molecule has 6 rings (SSSR count). The summed E-state index contributed by atoms with van der Waals surface area (Å²) in [6.07, 6.45) is 2.16. The van der Waals surface area contributed by atoms with Crippen molar-refractivity contribution in [3.05, 3.63) is 113 Å². The molecule has 1 N–H and O–H groups in total. The maximum Gasteiger partial charge on any atom is 0.227 e. The van der Waals surface area contributed by atoms with Crippen LogP contribution >= 0.6 is 11.8 Å². The highest BCUT2D eigenvalue weighted by atomic mass is 32.2. The van der Waals surface area contributed by atoms with E-state index in [2.05, 4.69) is 43.4 Å². The number of rotatable bonds is 8. The van der Waals surface area contributed by atoms with Gasteiger partial charge in [-0.15, -0.1) is 5.10 Å². The number of fused-ring (bicyclic) bond motifs is 1. The molecular weight excluding hydrogens is 504 g/mol. The van der Waals surface area contributed by atoms with Gasteiger partial charge < -0.3 is 10.1 Å². The van der Waals surface area contributed by atoms with Gasteiger partial charge in [-0.3, -0.25) is 4.79 Å². The van der Waals surface area contributed by atoms with Crippen molar-refractivity contribution in [2.75, 3.05) is 11.9 Å². The van der Waals surface area contributed by atoms with Crippen molar-refractivity contribution >= 4 is 23.5 Å². The largest absolute Gasteiger partial charge is 0.493 e. The monoisotopic (exact) mass is 536 g/mol. The molecule has 0 amide bonds. The van der Waals surface area contributed by atoms with E-state index >= 15 is 0 Å². The van der Waals surface area contributed by atoms with Crippen molar-refractivity contribution in [3.8, 4) is 5.75 Å². The maximum atomic E-state index is 13.5. The van der Waals surface area contributed by atoms with Crippen LogP contribution < -0.4 is 10.1 Å².